The molecule has 0 unspecified atom stereocenters. The summed E-state index contributed by atoms with van der Waals surface area (Å²) < 4.78 is 15.4. The van der Waals surface area contributed by atoms with Crippen LogP contribution in [0, 0.1) is 17.1 Å². The quantitative estimate of drug-likeness (QED) is 0.757. The summed E-state index contributed by atoms with van der Waals surface area (Å²) in [6, 6.07) is 15.3. The summed E-state index contributed by atoms with van der Waals surface area (Å²) in [5, 5.41) is 13.8. The zero-order chi connectivity index (χ0) is 15.7. The molecular weight excluding hydrogens is 347 g/mol. The predicted octanol–water partition coefficient (Wildman–Crippen LogP) is 3.89. The third kappa shape index (κ3) is 2.47. The number of nitriles is 1. The fourth-order valence-electron chi connectivity index (χ4n) is 2.16. The highest BCUT2D eigenvalue weighted by molar-refractivity contribution is 9.10. The zero-order valence-electron chi connectivity index (χ0n) is 11.3. The average Bonchev–Trinajstić information content (AvgIpc) is 2.85. The van der Waals surface area contributed by atoms with Crippen molar-refractivity contribution in [2.45, 2.75) is 0 Å². The van der Waals surface area contributed by atoms with E-state index >= 15 is 0 Å². The van der Waals surface area contributed by atoms with Crippen LogP contribution in [0.1, 0.15) is 5.56 Å². The number of rotatable bonds is 2. The molecule has 108 valence electrons. The Kier molecular flexibility index (Phi) is 3.65. The van der Waals surface area contributed by atoms with Crippen molar-refractivity contribution in [1.82, 2.24) is 9.78 Å². The number of aromatic nitrogens is 2. The Morgan fingerprint density at radius 1 is 1.18 bits per heavy atom. The number of hydrogen-bond donors (Lipinski definition) is 1. The molecule has 4 nitrogen and oxygen atoms in total. The van der Waals surface area contributed by atoms with E-state index in [1.807, 2.05) is 24.3 Å². The van der Waals surface area contributed by atoms with Gasteiger partial charge in [0, 0.05) is 10.0 Å². The molecule has 0 saturated heterocycles. The second-order valence-electron chi connectivity index (χ2n) is 4.62. The average molecular weight is 357 g/mol. The lowest BCUT2D eigenvalue weighted by atomic mass is 10.1. The van der Waals surface area contributed by atoms with Gasteiger partial charge in [-0.05, 0) is 42.5 Å². The molecule has 3 aromatic rings. The number of nitrogen functional groups attached to an aromatic ring is 1. The molecule has 6 heteroatoms. The Hall–Kier alpha value is -2.65. The normalized spacial score (nSPS) is 10.4. The summed E-state index contributed by atoms with van der Waals surface area (Å²) in [4.78, 5) is 0. The Morgan fingerprint density at radius 3 is 2.55 bits per heavy atom. The van der Waals surface area contributed by atoms with E-state index in [0.717, 1.165) is 10.2 Å². The first kappa shape index (κ1) is 14.3. The molecule has 0 saturated carbocycles. The lowest BCUT2D eigenvalue weighted by molar-refractivity contribution is 0.628. The predicted molar refractivity (Wildman–Crippen MR) is 85.8 cm³/mol. The van der Waals surface area contributed by atoms with Gasteiger partial charge in [-0.2, -0.15) is 10.4 Å². The SMILES string of the molecule is N#Cc1c(-c2ccc(F)cc2)nn(-c2cccc(Br)c2)c1N. The first-order valence-electron chi connectivity index (χ1n) is 6.40. The minimum Gasteiger partial charge on any atom is -0.382 e. The van der Waals surface area contributed by atoms with E-state index in [4.69, 9.17) is 5.73 Å². The van der Waals surface area contributed by atoms with Gasteiger partial charge in [-0.1, -0.05) is 22.0 Å². The molecule has 1 heterocycles. The van der Waals surface area contributed by atoms with Gasteiger partial charge in [0.25, 0.3) is 0 Å². The summed E-state index contributed by atoms with van der Waals surface area (Å²) in [6.45, 7) is 0. The lowest BCUT2D eigenvalue weighted by Crippen LogP contribution is -2.02. The van der Waals surface area contributed by atoms with E-state index in [2.05, 4.69) is 27.1 Å². The van der Waals surface area contributed by atoms with E-state index in [-0.39, 0.29) is 17.2 Å². The Labute approximate surface area is 134 Å². The fourth-order valence-corrected chi connectivity index (χ4v) is 2.54. The van der Waals surface area contributed by atoms with Gasteiger partial charge in [-0.3, -0.25) is 0 Å². The maximum atomic E-state index is 13.1. The van der Waals surface area contributed by atoms with Crippen molar-refractivity contribution in [2.24, 2.45) is 0 Å². The van der Waals surface area contributed by atoms with Crippen molar-refractivity contribution in [2.75, 3.05) is 5.73 Å². The molecule has 0 radical (unpaired) electrons. The highest BCUT2D eigenvalue weighted by atomic mass is 79.9. The molecule has 0 amide bonds. The minimum atomic E-state index is -0.346. The van der Waals surface area contributed by atoms with Crippen LogP contribution in [0.5, 0.6) is 0 Å². The number of nitrogens with two attached hydrogens (primary N) is 1. The van der Waals surface area contributed by atoms with Crippen molar-refractivity contribution in [3.8, 4) is 23.0 Å². The summed E-state index contributed by atoms with van der Waals surface area (Å²) >= 11 is 3.39. The second kappa shape index (κ2) is 5.62. The monoisotopic (exact) mass is 356 g/mol. The van der Waals surface area contributed by atoms with Crippen LogP contribution in [-0.4, -0.2) is 9.78 Å². The second-order valence-corrected chi connectivity index (χ2v) is 5.53. The van der Waals surface area contributed by atoms with Gasteiger partial charge in [0.2, 0.25) is 0 Å². The van der Waals surface area contributed by atoms with Gasteiger partial charge in [-0.25, -0.2) is 9.07 Å². The van der Waals surface area contributed by atoms with Crippen LogP contribution in [-0.2, 0) is 0 Å². The fraction of sp³-hybridized carbons (Fsp3) is 0. The van der Waals surface area contributed by atoms with Gasteiger partial charge in [0.05, 0.1) is 5.69 Å². The van der Waals surface area contributed by atoms with Crippen LogP contribution in [0.2, 0.25) is 0 Å². The zero-order valence-corrected chi connectivity index (χ0v) is 12.9. The largest absolute Gasteiger partial charge is 0.382 e. The molecule has 22 heavy (non-hydrogen) atoms. The van der Waals surface area contributed by atoms with Crippen molar-refractivity contribution in [3.05, 3.63) is 64.4 Å². The third-order valence-electron chi connectivity index (χ3n) is 3.20. The van der Waals surface area contributed by atoms with Crippen molar-refractivity contribution in [3.63, 3.8) is 0 Å². The van der Waals surface area contributed by atoms with Crippen LogP contribution in [0.25, 0.3) is 16.9 Å². The van der Waals surface area contributed by atoms with Crippen molar-refractivity contribution < 1.29 is 4.39 Å². The first-order chi connectivity index (χ1) is 10.6. The number of hydrogen-bond acceptors (Lipinski definition) is 3. The summed E-state index contributed by atoms with van der Waals surface area (Å²) in [7, 11) is 0. The Bertz CT molecular complexity index is 878. The summed E-state index contributed by atoms with van der Waals surface area (Å²) in [5.74, 6) is -0.0958. The van der Waals surface area contributed by atoms with Crippen molar-refractivity contribution in [1.29, 1.82) is 5.26 Å². The molecule has 3 rings (SSSR count). The third-order valence-corrected chi connectivity index (χ3v) is 3.70. The number of anilines is 1. The van der Waals surface area contributed by atoms with Gasteiger partial charge in [0.1, 0.15) is 29.0 Å². The molecule has 0 bridgehead atoms. The lowest BCUT2D eigenvalue weighted by Gasteiger charge is -2.03. The molecule has 0 aliphatic carbocycles. The van der Waals surface area contributed by atoms with Crippen molar-refractivity contribution >= 4 is 21.7 Å². The molecule has 0 spiro atoms. The molecule has 2 aromatic carbocycles. The van der Waals surface area contributed by atoms with Crippen LogP contribution in [0.4, 0.5) is 10.2 Å². The van der Waals surface area contributed by atoms with Gasteiger partial charge in [0.15, 0.2) is 0 Å². The molecule has 0 fully saturated rings. The molecular formula is C16H10BrFN4. The highest BCUT2D eigenvalue weighted by Crippen LogP contribution is 2.29. The number of halogens is 2. The Morgan fingerprint density at radius 2 is 1.91 bits per heavy atom. The van der Waals surface area contributed by atoms with E-state index in [0.29, 0.717) is 11.3 Å². The van der Waals surface area contributed by atoms with Gasteiger partial charge < -0.3 is 5.73 Å². The first-order valence-corrected chi connectivity index (χ1v) is 7.20. The van der Waals surface area contributed by atoms with Gasteiger partial charge in [-0.15, -0.1) is 0 Å². The molecule has 0 atom stereocenters. The maximum absolute atomic E-state index is 13.1. The molecule has 1 aromatic heterocycles. The summed E-state index contributed by atoms with van der Waals surface area (Å²) in [5.41, 5.74) is 8.12. The summed E-state index contributed by atoms with van der Waals surface area (Å²) in [6.07, 6.45) is 0. The van der Waals surface area contributed by atoms with Gasteiger partial charge >= 0.3 is 0 Å². The highest BCUT2D eigenvalue weighted by Gasteiger charge is 2.18. The van der Waals surface area contributed by atoms with E-state index in [1.165, 1.54) is 16.8 Å². The smallest absolute Gasteiger partial charge is 0.145 e. The van der Waals surface area contributed by atoms with Crippen LogP contribution in [0.15, 0.2) is 53.0 Å². The molecule has 0 aliphatic rings. The maximum Gasteiger partial charge on any atom is 0.145 e. The topological polar surface area (TPSA) is 67.6 Å². The van der Waals surface area contributed by atoms with E-state index < -0.39 is 0 Å². The molecule has 2 N–H and O–H groups in total. The van der Waals surface area contributed by atoms with Crippen LogP contribution in [0.3, 0.4) is 0 Å². The minimum absolute atomic E-state index is 0.250. The molecule has 0 aliphatic heterocycles. The Balaban J connectivity index is 2.19. The standard InChI is InChI=1S/C16H10BrFN4/c17-11-2-1-3-13(8-11)22-16(20)14(9-19)15(21-22)10-4-6-12(18)7-5-10/h1-8H,20H2. The number of nitrogens with zero attached hydrogens (tertiary/aromatic N) is 3. The van der Waals surface area contributed by atoms with Crippen LogP contribution >= 0.6 is 15.9 Å². The van der Waals surface area contributed by atoms with E-state index in [1.54, 1.807) is 12.1 Å². The van der Waals surface area contributed by atoms with E-state index in [9.17, 15) is 9.65 Å². The number of benzene rings is 2. The van der Waals surface area contributed by atoms with Crippen LogP contribution < -0.4 is 5.73 Å².